The molecule has 0 aliphatic heterocycles. The van der Waals surface area contributed by atoms with Crippen molar-refractivity contribution in [3.8, 4) is 0 Å². The minimum Gasteiger partial charge on any atom is -0.324 e. The Morgan fingerprint density at radius 3 is 2.76 bits per heavy atom. The van der Waals surface area contributed by atoms with E-state index in [1.807, 2.05) is 13.0 Å². The number of nitrogens with two attached hydrogens (primary N) is 1. The van der Waals surface area contributed by atoms with Crippen molar-refractivity contribution in [2.45, 2.75) is 29.9 Å². The van der Waals surface area contributed by atoms with Gasteiger partial charge < -0.3 is 5.73 Å². The van der Waals surface area contributed by atoms with Gasteiger partial charge in [-0.15, -0.1) is 5.10 Å². The average molecular weight is 252 g/mol. The first-order valence-corrected chi connectivity index (χ1v) is 6.00. The zero-order valence-corrected chi connectivity index (χ0v) is 10.4. The van der Waals surface area contributed by atoms with Gasteiger partial charge in [-0.2, -0.15) is 0 Å². The summed E-state index contributed by atoms with van der Waals surface area (Å²) in [5.41, 5.74) is 6.46. The molecule has 6 heteroatoms. The topological polar surface area (TPSA) is 67.6 Å². The highest BCUT2D eigenvalue weighted by atomic mass is 32.2. The Kier molecular flexibility index (Phi) is 3.44. The predicted molar refractivity (Wildman–Crippen MR) is 64.2 cm³/mol. The van der Waals surface area contributed by atoms with E-state index in [2.05, 4.69) is 15.2 Å². The third kappa shape index (κ3) is 2.83. The van der Waals surface area contributed by atoms with Crippen molar-refractivity contribution in [1.29, 1.82) is 0 Å². The molecule has 0 bridgehead atoms. The van der Waals surface area contributed by atoms with Crippen LogP contribution in [-0.2, 0) is 0 Å². The number of nitrogens with one attached hydrogen (secondary N) is 1. The molecule has 1 aromatic heterocycles. The summed E-state index contributed by atoms with van der Waals surface area (Å²) in [7, 11) is 0. The molecule has 0 saturated heterocycles. The Morgan fingerprint density at radius 1 is 1.47 bits per heavy atom. The molecule has 90 valence electrons. The molecule has 1 aromatic carbocycles. The zero-order chi connectivity index (χ0) is 12.4. The Bertz CT molecular complexity index is 524. The van der Waals surface area contributed by atoms with Crippen LogP contribution < -0.4 is 5.73 Å². The summed E-state index contributed by atoms with van der Waals surface area (Å²) in [6.45, 7) is 3.62. The summed E-state index contributed by atoms with van der Waals surface area (Å²) < 4.78 is 13.8. The molecule has 17 heavy (non-hydrogen) atoms. The van der Waals surface area contributed by atoms with Crippen LogP contribution in [0.25, 0.3) is 0 Å². The first kappa shape index (κ1) is 12.1. The molecule has 4 nitrogen and oxygen atoms in total. The predicted octanol–water partition coefficient (Wildman–Crippen LogP) is 2.42. The minimum absolute atomic E-state index is 0.172. The number of hydrogen-bond acceptors (Lipinski definition) is 4. The number of nitrogens with zero attached hydrogens (tertiary/aromatic N) is 2. The number of aryl methyl sites for hydroxylation is 1. The molecule has 1 heterocycles. The maximum Gasteiger partial charge on any atom is 0.213 e. The van der Waals surface area contributed by atoms with Gasteiger partial charge in [-0.25, -0.2) is 9.37 Å². The second-order valence-electron chi connectivity index (χ2n) is 3.78. The van der Waals surface area contributed by atoms with Gasteiger partial charge >= 0.3 is 0 Å². The summed E-state index contributed by atoms with van der Waals surface area (Å²) in [4.78, 5) is 4.60. The van der Waals surface area contributed by atoms with Crippen molar-refractivity contribution in [2.75, 3.05) is 0 Å². The molecular weight excluding hydrogens is 239 g/mol. The van der Waals surface area contributed by atoms with Crippen molar-refractivity contribution in [3.05, 3.63) is 35.4 Å². The van der Waals surface area contributed by atoms with E-state index in [0.29, 0.717) is 15.9 Å². The van der Waals surface area contributed by atoms with Crippen LogP contribution in [-0.4, -0.2) is 15.2 Å². The van der Waals surface area contributed by atoms with E-state index in [4.69, 9.17) is 5.73 Å². The molecular formula is C11H13FN4S. The van der Waals surface area contributed by atoms with Crippen LogP contribution in [0.3, 0.4) is 0 Å². The number of hydrogen-bond donors (Lipinski definition) is 2. The number of benzene rings is 1. The Labute approximate surface area is 103 Å². The van der Waals surface area contributed by atoms with Crippen molar-refractivity contribution in [2.24, 2.45) is 5.73 Å². The van der Waals surface area contributed by atoms with Crippen molar-refractivity contribution < 1.29 is 4.39 Å². The molecule has 0 spiro atoms. The fraction of sp³-hybridized carbons (Fsp3) is 0.273. The van der Waals surface area contributed by atoms with E-state index >= 15 is 0 Å². The van der Waals surface area contributed by atoms with E-state index in [9.17, 15) is 4.39 Å². The van der Waals surface area contributed by atoms with Gasteiger partial charge in [-0.3, -0.25) is 5.10 Å². The molecule has 2 aromatic rings. The normalized spacial score (nSPS) is 12.7. The smallest absolute Gasteiger partial charge is 0.213 e. The van der Waals surface area contributed by atoms with E-state index < -0.39 is 0 Å². The van der Waals surface area contributed by atoms with E-state index in [-0.39, 0.29) is 11.9 Å². The van der Waals surface area contributed by atoms with Crippen LogP contribution in [0.1, 0.15) is 24.4 Å². The molecule has 0 amide bonds. The lowest BCUT2D eigenvalue weighted by Crippen LogP contribution is -2.05. The fourth-order valence-corrected chi connectivity index (χ4v) is 2.11. The monoisotopic (exact) mass is 252 g/mol. The van der Waals surface area contributed by atoms with Gasteiger partial charge in [0, 0.05) is 6.04 Å². The minimum atomic E-state index is -0.299. The van der Waals surface area contributed by atoms with E-state index in [1.165, 1.54) is 17.8 Å². The highest BCUT2D eigenvalue weighted by Gasteiger charge is 2.10. The Balaban J connectivity index is 2.22. The number of halogens is 1. The molecule has 3 N–H and O–H groups in total. The first-order valence-electron chi connectivity index (χ1n) is 5.18. The van der Waals surface area contributed by atoms with Gasteiger partial charge in [0.05, 0.1) is 4.90 Å². The van der Waals surface area contributed by atoms with E-state index in [0.717, 1.165) is 5.56 Å². The van der Waals surface area contributed by atoms with Gasteiger partial charge in [0.2, 0.25) is 5.16 Å². The van der Waals surface area contributed by atoms with Crippen molar-refractivity contribution in [3.63, 3.8) is 0 Å². The fourth-order valence-electron chi connectivity index (χ4n) is 1.35. The number of aromatic nitrogens is 3. The molecule has 1 atom stereocenters. The maximum atomic E-state index is 13.8. The van der Waals surface area contributed by atoms with Crippen LogP contribution >= 0.6 is 11.8 Å². The highest BCUT2D eigenvalue weighted by molar-refractivity contribution is 7.99. The lowest BCUT2D eigenvalue weighted by Gasteiger charge is -2.07. The number of aromatic amines is 1. The number of H-pyrrole nitrogens is 1. The molecule has 0 radical (unpaired) electrons. The third-order valence-electron chi connectivity index (χ3n) is 2.26. The molecule has 0 saturated carbocycles. The molecule has 2 rings (SSSR count). The lowest BCUT2D eigenvalue weighted by molar-refractivity contribution is 0.596. The second-order valence-corrected chi connectivity index (χ2v) is 4.79. The Morgan fingerprint density at radius 2 is 2.24 bits per heavy atom. The van der Waals surface area contributed by atoms with Gasteiger partial charge in [0.15, 0.2) is 0 Å². The van der Waals surface area contributed by atoms with Gasteiger partial charge in [0.25, 0.3) is 0 Å². The molecule has 0 aliphatic rings. The van der Waals surface area contributed by atoms with Gasteiger partial charge in [-0.05, 0) is 43.3 Å². The molecule has 0 aliphatic carbocycles. The molecule has 1 unspecified atom stereocenters. The van der Waals surface area contributed by atoms with Crippen molar-refractivity contribution in [1.82, 2.24) is 15.2 Å². The maximum absolute atomic E-state index is 13.8. The molecule has 0 fully saturated rings. The summed E-state index contributed by atoms with van der Waals surface area (Å²) >= 11 is 1.19. The summed E-state index contributed by atoms with van der Waals surface area (Å²) in [5.74, 6) is 0.410. The first-order chi connectivity index (χ1) is 8.06. The van der Waals surface area contributed by atoms with E-state index in [1.54, 1.807) is 13.0 Å². The van der Waals surface area contributed by atoms with Crippen LogP contribution in [0.5, 0.6) is 0 Å². The second kappa shape index (κ2) is 4.85. The highest BCUT2D eigenvalue weighted by Crippen LogP contribution is 2.28. The quantitative estimate of drug-likeness (QED) is 0.880. The lowest BCUT2D eigenvalue weighted by atomic mass is 10.1. The summed E-state index contributed by atoms with van der Waals surface area (Å²) in [6.07, 6.45) is 0. The number of rotatable bonds is 3. The summed E-state index contributed by atoms with van der Waals surface area (Å²) in [6, 6.07) is 4.79. The SMILES string of the molecule is Cc1nc(Sc2ccc(C(C)N)cc2F)n[nH]1. The summed E-state index contributed by atoms with van der Waals surface area (Å²) in [5, 5.41) is 7.17. The van der Waals surface area contributed by atoms with Crippen LogP contribution in [0.4, 0.5) is 4.39 Å². The van der Waals surface area contributed by atoms with Crippen LogP contribution in [0.2, 0.25) is 0 Å². The van der Waals surface area contributed by atoms with Crippen LogP contribution in [0, 0.1) is 12.7 Å². The zero-order valence-electron chi connectivity index (χ0n) is 9.57. The largest absolute Gasteiger partial charge is 0.324 e. The third-order valence-corrected chi connectivity index (χ3v) is 3.18. The van der Waals surface area contributed by atoms with Crippen LogP contribution in [0.15, 0.2) is 28.3 Å². The average Bonchev–Trinajstić information content (AvgIpc) is 2.67. The van der Waals surface area contributed by atoms with Gasteiger partial charge in [-0.1, -0.05) is 6.07 Å². The van der Waals surface area contributed by atoms with Gasteiger partial charge in [0.1, 0.15) is 11.6 Å². The standard InChI is InChI=1S/C11H13FN4S/c1-6(13)8-3-4-10(9(12)5-8)17-11-14-7(2)15-16-11/h3-6H,13H2,1-2H3,(H,14,15,16). The Hall–Kier alpha value is -1.40. The van der Waals surface area contributed by atoms with Crippen molar-refractivity contribution >= 4 is 11.8 Å².